The van der Waals surface area contributed by atoms with Gasteiger partial charge in [0.25, 0.3) is 0 Å². The highest BCUT2D eigenvalue weighted by Crippen LogP contribution is 2.17. The quantitative estimate of drug-likeness (QED) is 0.755. The Balaban J connectivity index is 2.49. The number of likely N-dealkylation sites (N-methyl/N-ethyl adjacent to an activating group) is 1. The second kappa shape index (κ2) is 5.69. The van der Waals surface area contributed by atoms with Gasteiger partial charge in [0.15, 0.2) is 0 Å². The highest BCUT2D eigenvalue weighted by Gasteiger charge is 2.29. The number of carbonyl (C=O) groups excluding carboxylic acids is 1. The number of nitrogens with zero attached hydrogens (tertiary/aromatic N) is 1. The number of ether oxygens (including phenoxy) is 1. The fraction of sp³-hybridized carbons (Fsp3) is 0.917. The van der Waals surface area contributed by atoms with Gasteiger partial charge in [-0.05, 0) is 40.8 Å². The summed E-state index contributed by atoms with van der Waals surface area (Å²) < 4.78 is 5.22. The molecule has 1 heterocycles. The zero-order chi connectivity index (χ0) is 13.1. The van der Waals surface area contributed by atoms with Crippen molar-refractivity contribution in [3.05, 3.63) is 0 Å². The molecule has 2 atom stereocenters. The third-order valence-electron chi connectivity index (χ3n) is 2.90. The van der Waals surface area contributed by atoms with Gasteiger partial charge < -0.3 is 20.1 Å². The molecule has 0 aliphatic carbocycles. The van der Waals surface area contributed by atoms with Crippen molar-refractivity contribution in [2.75, 3.05) is 26.7 Å². The van der Waals surface area contributed by atoms with E-state index in [2.05, 4.69) is 10.2 Å². The van der Waals surface area contributed by atoms with Crippen molar-refractivity contribution in [2.45, 2.75) is 38.8 Å². The van der Waals surface area contributed by atoms with Crippen LogP contribution in [0.5, 0.6) is 0 Å². The average Bonchev–Trinajstić information content (AvgIpc) is 2.14. The zero-order valence-electron chi connectivity index (χ0n) is 11.2. The fourth-order valence-corrected chi connectivity index (χ4v) is 2.00. The predicted molar refractivity (Wildman–Crippen MR) is 65.8 cm³/mol. The van der Waals surface area contributed by atoms with Crippen molar-refractivity contribution >= 4 is 6.09 Å². The van der Waals surface area contributed by atoms with Crippen molar-refractivity contribution in [2.24, 2.45) is 5.92 Å². The van der Waals surface area contributed by atoms with Gasteiger partial charge in [-0.3, -0.25) is 0 Å². The van der Waals surface area contributed by atoms with Gasteiger partial charge in [-0.2, -0.15) is 0 Å². The third-order valence-corrected chi connectivity index (χ3v) is 2.90. The van der Waals surface area contributed by atoms with E-state index in [1.807, 2.05) is 27.8 Å². The molecule has 1 amide bonds. The Labute approximate surface area is 103 Å². The lowest BCUT2D eigenvalue weighted by Crippen LogP contribution is -2.53. The molecular weight excluding hydrogens is 220 g/mol. The molecule has 17 heavy (non-hydrogen) atoms. The molecule has 0 bridgehead atoms. The van der Waals surface area contributed by atoms with Crippen LogP contribution in [0.2, 0.25) is 0 Å². The number of aliphatic hydroxyl groups is 1. The van der Waals surface area contributed by atoms with Crippen LogP contribution in [0.1, 0.15) is 27.2 Å². The van der Waals surface area contributed by atoms with Crippen LogP contribution >= 0.6 is 0 Å². The highest BCUT2D eigenvalue weighted by atomic mass is 16.6. The van der Waals surface area contributed by atoms with Crippen LogP contribution < -0.4 is 5.32 Å². The fourth-order valence-electron chi connectivity index (χ4n) is 2.00. The maximum absolute atomic E-state index is 11.7. The first-order valence-electron chi connectivity index (χ1n) is 6.11. The van der Waals surface area contributed by atoms with Gasteiger partial charge in [-0.15, -0.1) is 0 Å². The normalized spacial score (nSPS) is 26.6. The van der Waals surface area contributed by atoms with E-state index in [9.17, 15) is 9.90 Å². The molecule has 1 aliphatic rings. The molecule has 0 radical (unpaired) electrons. The minimum absolute atomic E-state index is 0.0337. The van der Waals surface area contributed by atoms with Gasteiger partial charge in [0.2, 0.25) is 0 Å². The second-order valence-corrected chi connectivity index (χ2v) is 5.75. The van der Waals surface area contributed by atoms with Crippen LogP contribution in [0.3, 0.4) is 0 Å². The largest absolute Gasteiger partial charge is 0.444 e. The standard InChI is InChI=1S/C12H24N2O3/c1-12(2,3)17-11(16)13-10-7-14(4)6-5-9(10)8-15/h9-10,15H,5-8H2,1-4H3,(H,13,16)/t9-,10+/m0/s1. The Bertz CT molecular complexity index is 263. The van der Waals surface area contributed by atoms with Crippen LogP contribution in [0.15, 0.2) is 0 Å². The first kappa shape index (κ1) is 14.3. The number of nitrogens with one attached hydrogen (secondary N) is 1. The molecule has 1 saturated heterocycles. The van der Waals surface area contributed by atoms with E-state index in [1.54, 1.807) is 0 Å². The van der Waals surface area contributed by atoms with Crippen molar-refractivity contribution in [3.8, 4) is 0 Å². The first-order valence-corrected chi connectivity index (χ1v) is 6.11. The number of amides is 1. The van der Waals surface area contributed by atoms with Crippen LogP contribution in [-0.4, -0.2) is 54.5 Å². The van der Waals surface area contributed by atoms with Crippen molar-refractivity contribution in [3.63, 3.8) is 0 Å². The number of hydrogen-bond acceptors (Lipinski definition) is 4. The summed E-state index contributed by atoms with van der Waals surface area (Å²) in [5.74, 6) is 0.124. The van der Waals surface area contributed by atoms with Gasteiger partial charge in [0, 0.05) is 25.1 Å². The van der Waals surface area contributed by atoms with Crippen LogP contribution in [-0.2, 0) is 4.74 Å². The minimum Gasteiger partial charge on any atom is -0.444 e. The topological polar surface area (TPSA) is 61.8 Å². The number of carbonyl (C=O) groups is 1. The number of piperidine rings is 1. The van der Waals surface area contributed by atoms with E-state index >= 15 is 0 Å². The van der Waals surface area contributed by atoms with Gasteiger partial charge in [-0.1, -0.05) is 0 Å². The smallest absolute Gasteiger partial charge is 0.407 e. The monoisotopic (exact) mass is 244 g/mol. The summed E-state index contributed by atoms with van der Waals surface area (Å²) >= 11 is 0. The first-order chi connectivity index (χ1) is 7.81. The summed E-state index contributed by atoms with van der Waals surface area (Å²) in [6, 6.07) is -0.0337. The molecular formula is C12H24N2O3. The Morgan fingerprint density at radius 1 is 1.53 bits per heavy atom. The summed E-state index contributed by atoms with van der Waals surface area (Å²) in [5.41, 5.74) is -0.487. The highest BCUT2D eigenvalue weighted by molar-refractivity contribution is 5.68. The predicted octanol–water partition coefficient (Wildman–Crippen LogP) is 0.824. The van der Waals surface area contributed by atoms with E-state index in [4.69, 9.17) is 4.74 Å². The molecule has 0 saturated carbocycles. The van der Waals surface area contributed by atoms with Crippen molar-refractivity contribution in [1.29, 1.82) is 0 Å². The number of aliphatic hydroxyl groups excluding tert-OH is 1. The molecule has 0 unspecified atom stereocenters. The van der Waals surface area contributed by atoms with Crippen LogP contribution in [0, 0.1) is 5.92 Å². The molecule has 0 aromatic carbocycles. The Hall–Kier alpha value is -0.810. The molecule has 0 aromatic heterocycles. The van der Waals surface area contributed by atoms with Gasteiger partial charge in [-0.25, -0.2) is 4.79 Å². The minimum atomic E-state index is -0.487. The molecule has 0 spiro atoms. The lowest BCUT2D eigenvalue weighted by Gasteiger charge is -2.36. The molecule has 5 nitrogen and oxygen atoms in total. The summed E-state index contributed by atoms with van der Waals surface area (Å²) in [5, 5.41) is 12.1. The van der Waals surface area contributed by atoms with Gasteiger partial charge >= 0.3 is 6.09 Å². The van der Waals surface area contributed by atoms with Gasteiger partial charge in [0.05, 0.1) is 0 Å². The average molecular weight is 244 g/mol. The van der Waals surface area contributed by atoms with E-state index in [1.165, 1.54) is 0 Å². The molecule has 2 N–H and O–H groups in total. The Kier molecular flexibility index (Phi) is 4.77. The van der Waals surface area contributed by atoms with Crippen molar-refractivity contribution in [1.82, 2.24) is 10.2 Å². The van der Waals surface area contributed by atoms with Crippen LogP contribution in [0.25, 0.3) is 0 Å². The van der Waals surface area contributed by atoms with Crippen LogP contribution in [0.4, 0.5) is 4.79 Å². The molecule has 0 aromatic rings. The van der Waals surface area contributed by atoms with Gasteiger partial charge in [0.1, 0.15) is 5.60 Å². The summed E-state index contributed by atoms with van der Waals surface area (Å²) in [6.45, 7) is 7.33. The van der Waals surface area contributed by atoms with E-state index in [0.717, 1.165) is 19.5 Å². The Morgan fingerprint density at radius 3 is 2.71 bits per heavy atom. The van der Waals surface area contributed by atoms with E-state index in [0.29, 0.717) is 0 Å². The summed E-state index contributed by atoms with van der Waals surface area (Å²) in [6.07, 6.45) is 0.490. The third kappa shape index (κ3) is 4.91. The summed E-state index contributed by atoms with van der Waals surface area (Å²) in [7, 11) is 2.01. The number of rotatable bonds is 2. The lowest BCUT2D eigenvalue weighted by atomic mass is 9.93. The van der Waals surface area contributed by atoms with E-state index < -0.39 is 11.7 Å². The SMILES string of the molecule is CN1CC[C@@H](CO)[C@H](NC(=O)OC(C)(C)C)C1. The molecule has 5 heteroatoms. The molecule has 100 valence electrons. The second-order valence-electron chi connectivity index (χ2n) is 5.75. The van der Waals surface area contributed by atoms with Crippen molar-refractivity contribution < 1.29 is 14.6 Å². The maximum Gasteiger partial charge on any atom is 0.407 e. The number of alkyl carbamates (subject to hydrolysis) is 1. The molecule has 1 aliphatic heterocycles. The number of hydrogen-bond donors (Lipinski definition) is 2. The summed E-state index contributed by atoms with van der Waals surface area (Å²) in [4.78, 5) is 13.8. The number of likely N-dealkylation sites (tertiary alicyclic amines) is 1. The Morgan fingerprint density at radius 2 is 2.18 bits per heavy atom. The molecule has 1 fully saturated rings. The maximum atomic E-state index is 11.7. The lowest BCUT2D eigenvalue weighted by molar-refractivity contribution is 0.0404. The van der Waals surface area contributed by atoms with E-state index in [-0.39, 0.29) is 18.6 Å². The molecule has 1 rings (SSSR count). The zero-order valence-corrected chi connectivity index (χ0v) is 11.2.